The predicted molar refractivity (Wildman–Crippen MR) is 82.0 cm³/mol. The fourth-order valence-electron chi connectivity index (χ4n) is 2.16. The van der Waals surface area contributed by atoms with E-state index in [-0.39, 0.29) is 5.41 Å². The highest BCUT2D eigenvalue weighted by molar-refractivity contribution is 6.34. The van der Waals surface area contributed by atoms with E-state index >= 15 is 0 Å². The van der Waals surface area contributed by atoms with Crippen molar-refractivity contribution in [3.05, 3.63) is 35.0 Å². The van der Waals surface area contributed by atoms with Crippen LogP contribution in [0.15, 0.2) is 28.7 Å². The summed E-state index contributed by atoms with van der Waals surface area (Å²) in [5.74, 6) is 1.00. The van der Waals surface area contributed by atoms with Crippen molar-refractivity contribution in [1.29, 1.82) is 0 Å². The van der Waals surface area contributed by atoms with Gasteiger partial charge >= 0.3 is 0 Å². The molecule has 0 aliphatic rings. The first-order valence-electron chi connectivity index (χ1n) is 6.82. The van der Waals surface area contributed by atoms with Gasteiger partial charge in [0, 0.05) is 16.8 Å². The molecular formula is C16H22ClNO. The minimum atomic E-state index is 0.00421. The quantitative estimate of drug-likeness (QED) is 0.854. The van der Waals surface area contributed by atoms with Crippen molar-refractivity contribution < 1.29 is 4.42 Å². The molecule has 2 aromatic rings. The summed E-state index contributed by atoms with van der Waals surface area (Å²) in [6.07, 6.45) is 1.03. The van der Waals surface area contributed by atoms with Gasteiger partial charge in [0.05, 0.1) is 5.02 Å². The van der Waals surface area contributed by atoms with Gasteiger partial charge in [0.1, 0.15) is 5.76 Å². The Morgan fingerprint density at radius 2 is 2.05 bits per heavy atom. The lowest BCUT2D eigenvalue weighted by atomic mass is 9.86. The van der Waals surface area contributed by atoms with Crippen molar-refractivity contribution in [2.75, 3.05) is 6.54 Å². The van der Waals surface area contributed by atoms with Gasteiger partial charge in [-0.25, -0.2) is 0 Å². The molecule has 2 nitrogen and oxygen atoms in total. The zero-order chi connectivity index (χ0) is 14.0. The molecule has 1 N–H and O–H groups in total. The summed E-state index contributed by atoms with van der Waals surface area (Å²) in [7, 11) is 0. The van der Waals surface area contributed by atoms with Crippen LogP contribution in [0.1, 0.15) is 39.9 Å². The standard InChI is InChI=1S/C16H22ClNO/c1-11(2)18-9-8-16(3,4)14-10-12-6-5-7-13(17)15(12)19-14/h5-7,10-11,18H,8-9H2,1-4H3. The van der Waals surface area contributed by atoms with Gasteiger partial charge in [0.15, 0.2) is 5.58 Å². The minimum absolute atomic E-state index is 0.00421. The Balaban J connectivity index is 2.20. The van der Waals surface area contributed by atoms with Gasteiger partial charge in [-0.3, -0.25) is 0 Å². The monoisotopic (exact) mass is 279 g/mol. The van der Waals surface area contributed by atoms with Gasteiger partial charge in [-0.1, -0.05) is 51.4 Å². The van der Waals surface area contributed by atoms with Crippen LogP contribution in [0.2, 0.25) is 5.02 Å². The molecule has 1 heterocycles. The van der Waals surface area contributed by atoms with Gasteiger partial charge in [0.25, 0.3) is 0 Å². The van der Waals surface area contributed by atoms with Crippen molar-refractivity contribution >= 4 is 22.6 Å². The summed E-state index contributed by atoms with van der Waals surface area (Å²) in [5.41, 5.74) is 0.800. The Morgan fingerprint density at radius 1 is 1.32 bits per heavy atom. The molecule has 0 amide bonds. The summed E-state index contributed by atoms with van der Waals surface area (Å²) >= 11 is 6.16. The van der Waals surface area contributed by atoms with Crippen LogP contribution in [0, 0.1) is 0 Å². The van der Waals surface area contributed by atoms with Crippen LogP contribution in [-0.2, 0) is 5.41 Å². The second-order valence-corrected chi connectivity index (χ2v) is 6.42. The number of halogens is 1. The Kier molecular flexibility index (Phi) is 4.22. The number of rotatable bonds is 5. The Morgan fingerprint density at radius 3 is 2.68 bits per heavy atom. The van der Waals surface area contributed by atoms with Crippen molar-refractivity contribution in [1.82, 2.24) is 5.32 Å². The average Bonchev–Trinajstić information content (AvgIpc) is 2.74. The second kappa shape index (κ2) is 5.56. The first kappa shape index (κ1) is 14.4. The van der Waals surface area contributed by atoms with E-state index in [2.05, 4.69) is 39.1 Å². The molecule has 0 aliphatic carbocycles. The highest BCUT2D eigenvalue weighted by Gasteiger charge is 2.25. The predicted octanol–water partition coefficient (Wildman–Crippen LogP) is 4.75. The largest absolute Gasteiger partial charge is 0.459 e. The number of para-hydroxylation sites is 1. The Labute approximate surface area is 120 Å². The molecule has 0 spiro atoms. The molecule has 0 aliphatic heterocycles. The lowest BCUT2D eigenvalue weighted by molar-refractivity contribution is 0.365. The molecule has 0 fully saturated rings. The van der Waals surface area contributed by atoms with Gasteiger partial charge in [-0.05, 0) is 25.1 Å². The van der Waals surface area contributed by atoms with Crippen molar-refractivity contribution in [3.8, 4) is 0 Å². The van der Waals surface area contributed by atoms with Gasteiger partial charge in [-0.2, -0.15) is 0 Å². The number of furan rings is 1. The average molecular weight is 280 g/mol. The Bertz CT molecular complexity index is 557. The van der Waals surface area contributed by atoms with E-state index in [1.54, 1.807) is 0 Å². The molecule has 0 saturated heterocycles. The summed E-state index contributed by atoms with van der Waals surface area (Å²) < 4.78 is 5.96. The summed E-state index contributed by atoms with van der Waals surface area (Å²) in [4.78, 5) is 0. The molecule has 3 heteroatoms. The van der Waals surface area contributed by atoms with E-state index in [0.717, 1.165) is 29.7 Å². The number of benzene rings is 1. The minimum Gasteiger partial charge on any atom is -0.459 e. The second-order valence-electron chi connectivity index (χ2n) is 6.01. The third kappa shape index (κ3) is 3.31. The highest BCUT2D eigenvalue weighted by Crippen LogP contribution is 2.34. The van der Waals surface area contributed by atoms with E-state index in [1.807, 2.05) is 18.2 Å². The van der Waals surface area contributed by atoms with Crippen LogP contribution in [0.3, 0.4) is 0 Å². The Hall–Kier alpha value is -0.990. The van der Waals surface area contributed by atoms with Crippen LogP contribution in [0.5, 0.6) is 0 Å². The zero-order valence-corrected chi connectivity index (χ0v) is 12.8. The molecule has 0 saturated carbocycles. The summed E-state index contributed by atoms with van der Waals surface area (Å²) in [6, 6.07) is 8.48. The van der Waals surface area contributed by atoms with E-state index in [1.165, 1.54) is 0 Å². The third-order valence-corrected chi connectivity index (χ3v) is 3.76. The first-order valence-corrected chi connectivity index (χ1v) is 7.20. The first-order chi connectivity index (χ1) is 8.90. The van der Waals surface area contributed by atoms with Crippen LogP contribution in [0.25, 0.3) is 11.0 Å². The van der Waals surface area contributed by atoms with Crippen LogP contribution in [0.4, 0.5) is 0 Å². The maximum absolute atomic E-state index is 6.16. The number of hydrogen-bond donors (Lipinski definition) is 1. The number of fused-ring (bicyclic) bond motifs is 1. The summed E-state index contributed by atoms with van der Waals surface area (Å²) in [6.45, 7) is 9.72. The van der Waals surface area contributed by atoms with E-state index in [9.17, 15) is 0 Å². The van der Waals surface area contributed by atoms with Crippen LogP contribution < -0.4 is 5.32 Å². The molecular weight excluding hydrogens is 258 g/mol. The van der Waals surface area contributed by atoms with Crippen LogP contribution >= 0.6 is 11.6 Å². The number of nitrogens with one attached hydrogen (secondary N) is 1. The molecule has 0 unspecified atom stereocenters. The SMILES string of the molecule is CC(C)NCCC(C)(C)c1cc2cccc(Cl)c2o1. The van der Waals surface area contributed by atoms with Gasteiger partial charge < -0.3 is 9.73 Å². The highest BCUT2D eigenvalue weighted by atomic mass is 35.5. The van der Waals surface area contributed by atoms with E-state index in [4.69, 9.17) is 16.0 Å². The van der Waals surface area contributed by atoms with Gasteiger partial charge in [-0.15, -0.1) is 0 Å². The molecule has 0 atom stereocenters. The molecule has 0 bridgehead atoms. The molecule has 0 radical (unpaired) electrons. The summed E-state index contributed by atoms with van der Waals surface area (Å²) in [5, 5.41) is 5.21. The fourth-order valence-corrected chi connectivity index (χ4v) is 2.38. The third-order valence-electron chi connectivity index (χ3n) is 3.47. The number of hydrogen-bond acceptors (Lipinski definition) is 2. The molecule has 19 heavy (non-hydrogen) atoms. The van der Waals surface area contributed by atoms with Crippen molar-refractivity contribution in [2.45, 2.75) is 45.6 Å². The van der Waals surface area contributed by atoms with E-state index < -0.39 is 0 Å². The topological polar surface area (TPSA) is 25.2 Å². The smallest absolute Gasteiger partial charge is 0.152 e. The maximum atomic E-state index is 6.16. The normalized spacial score (nSPS) is 12.5. The van der Waals surface area contributed by atoms with Crippen molar-refractivity contribution in [2.24, 2.45) is 0 Å². The molecule has 1 aromatic carbocycles. The van der Waals surface area contributed by atoms with E-state index in [0.29, 0.717) is 11.1 Å². The molecule has 2 rings (SSSR count). The zero-order valence-electron chi connectivity index (χ0n) is 12.1. The van der Waals surface area contributed by atoms with Gasteiger partial charge in [0.2, 0.25) is 0 Å². The lowest BCUT2D eigenvalue weighted by Gasteiger charge is -2.22. The van der Waals surface area contributed by atoms with Crippen LogP contribution in [-0.4, -0.2) is 12.6 Å². The maximum Gasteiger partial charge on any atom is 0.152 e. The lowest BCUT2D eigenvalue weighted by Crippen LogP contribution is -2.29. The van der Waals surface area contributed by atoms with Crippen molar-refractivity contribution in [3.63, 3.8) is 0 Å². The molecule has 104 valence electrons. The molecule has 1 aromatic heterocycles. The fraction of sp³-hybridized carbons (Fsp3) is 0.500.